The van der Waals surface area contributed by atoms with Gasteiger partial charge in [0.15, 0.2) is 11.6 Å². The zero-order valence-corrected chi connectivity index (χ0v) is 10.7. The fourth-order valence-electron chi connectivity index (χ4n) is 2.00. The normalized spacial score (nSPS) is 12.4. The molecule has 0 radical (unpaired) electrons. The third kappa shape index (κ3) is 3.16. The lowest BCUT2D eigenvalue weighted by Gasteiger charge is -2.17. The molecule has 19 heavy (non-hydrogen) atoms. The van der Waals surface area contributed by atoms with Gasteiger partial charge < -0.3 is 0 Å². The second kappa shape index (κ2) is 5.91. The van der Waals surface area contributed by atoms with Crippen LogP contribution in [0.4, 0.5) is 8.78 Å². The van der Waals surface area contributed by atoms with Gasteiger partial charge in [-0.2, -0.15) is 0 Å². The number of nitrogens with one attached hydrogen (secondary N) is 1. The summed E-state index contributed by atoms with van der Waals surface area (Å²) in [7, 11) is 0. The predicted molar refractivity (Wildman–Crippen MR) is 71.3 cm³/mol. The Morgan fingerprint density at radius 1 is 1.11 bits per heavy atom. The number of halogens is 2. The first-order valence-corrected chi connectivity index (χ1v) is 6.07. The van der Waals surface area contributed by atoms with Crippen LogP contribution in [-0.4, -0.2) is 0 Å². The molecule has 2 nitrogen and oxygen atoms in total. The number of hydrazine groups is 1. The van der Waals surface area contributed by atoms with Crippen molar-refractivity contribution in [2.24, 2.45) is 5.84 Å². The Labute approximate surface area is 111 Å². The lowest BCUT2D eigenvalue weighted by Crippen LogP contribution is -2.29. The Bertz CT molecular complexity index is 553. The Balaban J connectivity index is 2.24. The van der Waals surface area contributed by atoms with Crippen LogP contribution in [0.3, 0.4) is 0 Å². The predicted octanol–water partition coefficient (Wildman–Crippen LogP) is 3.02. The number of hydrogen-bond acceptors (Lipinski definition) is 2. The fourth-order valence-corrected chi connectivity index (χ4v) is 2.00. The molecule has 0 amide bonds. The van der Waals surface area contributed by atoms with Gasteiger partial charge >= 0.3 is 0 Å². The van der Waals surface area contributed by atoms with Crippen molar-refractivity contribution in [1.29, 1.82) is 0 Å². The van der Waals surface area contributed by atoms with E-state index in [4.69, 9.17) is 5.84 Å². The van der Waals surface area contributed by atoms with Crippen LogP contribution in [-0.2, 0) is 6.42 Å². The van der Waals surface area contributed by atoms with E-state index in [2.05, 4.69) is 5.43 Å². The van der Waals surface area contributed by atoms with Gasteiger partial charge in [0.1, 0.15) is 0 Å². The van der Waals surface area contributed by atoms with Crippen molar-refractivity contribution in [3.05, 3.63) is 70.8 Å². The molecule has 1 atom stereocenters. The van der Waals surface area contributed by atoms with Gasteiger partial charge in [-0.1, -0.05) is 42.0 Å². The maximum atomic E-state index is 13.6. The average Bonchev–Trinajstić information content (AvgIpc) is 2.42. The van der Waals surface area contributed by atoms with Gasteiger partial charge in [0.2, 0.25) is 0 Å². The Morgan fingerprint density at radius 2 is 1.79 bits per heavy atom. The van der Waals surface area contributed by atoms with Crippen molar-refractivity contribution in [3.63, 3.8) is 0 Å². The van der Waals surface area contributed by atoms with Gasteiger partial charge in [0.05, 0.1) is 6.04 Å². The molecular weight excluding hydrogens is 246 g/mol. The van der Waals surface area contributed by atoms with Crippen LogP contribution < -0.4 is 11.3 Å². The third-order valence-electron chi connectivity index (χ3n) is 3.14. The average molecular weight is 262 g/mol. The Kier molecular flexibility index (Phi) is 4.24. The first-order valence-electron chi connectivity index (χ1n) is 6.07. The number of nitrogens with two attached hydrogens (primary N) is 1. The van der Waals surface area contributed by atoms with Gasteiger partial charge in [-0.3, -0.25) is 11.3 Å². The maximum absolute atomic E-state index is 13.6. The quantitative estimate of drug-likeness (QED) is 0.656. The van der Waals surface area contributed by atoms with Crippen molar-refractivity contribution in [1.82, 2.24) is 5.43 Å². The number of aryl methyl sites for hydroxylation is 1. The molecule has 0 aromatic heterocycles. The van der Waals surface area contributed by atoms with E-state index in [1.165, 1.54) is 6.07 Å². The van der Waals surface area contributed by atoms with E-state index in [0.29, 0.717) is 12.0 Å². The second-order valence-electron chi connectivity index (χ2n) is 4.55. The zero-order chi connectivity index (χ0) is 13.8. The summed E-state index contributed by atoms with van der Waals surface area (Å²) in [5.41, 5.74) is 5.03. The largest absolute Gasteiger partial charge is 0.271 e. The first kappa shape index (κ1) is 13.6. The topological polar surface area (TPSA) is 38.0 Å². The van der Waals surface area contributed by atoms with Crippen molar-refractivity contribution in [2.75, 3.05) is 0 Å². The number of rotatable bonds is 4. The minimum Gasteiger partial charge on any atom is -0.271 e. The smallest absolute Gasteiger partial charge is 0.162 e. The molecule has 0 fully saturated rings. The number of benzene rings is 2. The van der Waals surface area contributed by atoms with Gasteiger partial charge in [0, 0.05) is 0 Å². The molecular formula is C15H16F2N2. The monoisotopic (exact) mass is 262 g/mol. The molecule has 0 saturated carbocycles. The second-order valence-corrected chi connectivity index (χ2v) is 4.55. The molecule has 2 rings (SSSR count). The summed E-state index contributed by atoms with van der Waals surface area (Å²) in [6, 6.07) is 11.7. The van der Waals surface area contributed by atoms with E-state index in [-0.39, 0.29) is 6.04 Å². The van der Waals surface area contributed by atoms with Crippen molar-refractivity contribution >= 4 is 0 Å². The number of hydrogen-bond donors (Lipinski definition) is 2. The van der Waals surface area contributed by atoms with Crippen LogP contribution in [0.5, 0.6) is 0 Å². The van der Waals surface area contributed by atoms with Crippen molar-refractivity contribution < 1.29 is 8.78 Å². The van der Waals surface area contributed by atoms with Crippen LogP contribution >= 0.6 is 0 Å². The summed E-state index contributed by atoms with van der Waals surface area (Å²) in [5, 5.41) is 0. The van der Waals surface area contributed by atoms with E-state index >= 15 is 0 Å². The summed E-state index contributed by atoms with van der Waals surface area (Å²) in [4.78, 5) is 0. The van der Waals surface area contributed by atoms with Gasteiger partial charge in [0.25, 0.3) is 0 Å². The maximum Gasteiger partial charge on any atom is 0.162 e. The van der Waals surface area contributed by atoms with Crippen molar-refractivity contribution in [3.8, 4) is 0 Å². The van der Waals surface area contributed by atoms with Gasteiger partial charge in [-0.25, -0.2) is 8.78 Å². The molecule has 4 heteroatoms. The standard InChI is InChI=1S/C15H16F2N2/c1-10-5-7-11(8-6-10)14(19-18)9-12-3-2-4-13(16)15(12)17/h2-8,14,19H,9,18H2,1H3. The molecule has 0 aliphatic heterocycles. The van der Waals surface area contributed by atoms with Crippen LogP contribution in [0, 0.1) is 18.6 Å². The SMILES string of the molecule is Cc1ccc(C(Cc2cccc(F)c2F)NN)cc1. The van der Waals surface area contributed by atoms with Crippen molar-refractivity contribution in [2.45, 2.75) is 19.4 Å². The highest BCUT2D eigenvalue weighted by Crippen LogP contribution is 2.21. The van der Waals surface area contributed by atoms with Gasteiger partial charge in [-0.15, -0.1) is 0 Å². The molecule has 2 aromatic rings. The highest BCUT2D eigenvalue weighted by molar-refractivity contribution is 5.27. The summed E-state index contributed by atoms with van der Waals surface area (Å²) < 4.78 is 26.8. The minimum atomic E-state index is -0.836. The van der Waals surface area contributed by atoms with Crippen LogP contribution in [0.25, 0.3) is 0 Å². The lowest BCUT2D eigenvalue weighted by atomic mass is 9.98. The summed E-state index contributed by atoms with van der Waals surface area (Å²) in [6.07, 6.45) is 0.295. The van der Waals surface area contributed by atoms with E-state index in [1.807, 2.05) is 31.2 Å². The summed E-state index contributed by atoms with van der Waals surface area (Å²) in [5.74, 6) is 3.87. The molecule has 0 spiro atoms. The lowest BCUT2D eigenvalue weighted by molar-refractivity contribution is 0.481. The molecule has 2 aromatic carbocycles. The highest BCUT2D eigenvalue weighted by Gasteiger charge is 2.15. The first-order chi connectivity index (χ1) is 9.11. The minimum absolute atomic E-state index is 0.253. The van der Waals surface area contributed by atoms with Crippen LogP contribution in [0.1, 0.15) is 22.7 Å². The Morgan fingerprint density at radius 3 is 2.42 bits per heavy atom. The van der Waals surface area contributed by atoms with E-state index in [0.717, 1.165) is 17.2 Å². The highest BCUT2D eigenvalue weighted by atomic mass is 19.2. The summed E-state index contributed by atoms with van der Waals surface area (Å²) >= 11 is 0. The molecule has 0 saturated heterocycles. The third-order valence-corrected chi connectivity index (χ3v) is 3.14. The molecule has 1 unspecified atom stereocenters. The molecule has 0 aliphatic carbocycles. The fraction of sp³-hybridized carbons (Fsp3) is 0.200. The van der Waals surface area contributed by atoms with Crippen LogP contribution in [0.2, 0.25) is 0 Å². The molecule has 0 aliphatic rings. The van der Waals surface area contributed by atoms with E-state index in [9.17, 15) is 8.78 Å². The summed E-state index contributed by atoms with van der Waals surface area (Å²) in [6.45, 7) is 1.99. The molecule has 0 bridgehead atoms. The molecule has 0 heterocycles. The van der Waals surface area contributed by atoms with E-state index < -0.39 is 11.6 Å². The Hall–Kier alpha value is -1.78. The van der Waals surface area contributed by atoms with Gasteiger partial charge in [-0.05, 0) is 30.5 Å². The van der Waals surface area contributed by atoms with Crippen LogP contribution in [0.15, 0.2) is 42.5 Å². The molecule has 100 valence electrons. The molecule has 3 N–H and O–H groups in total. The zero-order valence-electron chi connectivity index (χ0n) is 10.7. The van der Waals surface area contributed by atoms with E-state index in [1.54, 1.807) is 6.07 Å².